The number of pyridine rings is 1. The average Bonchev–Trinajstić information content (AvgIpc) is 4.03. The fourth-order valence-corrected chi connectivity index (χ4v) is 8.13. The van der Waals surface area contributed by atoms with Crippen LogP contribution in [-0.2, 0) is 24.4 Å². The number of fused-ring (bicyclic) bond motifs is 1. The number of hydrogen-bond acceptors (Lipinski definition) is 10. The van der Waals surface area contributed by atoms with Crippen molar-refractivity contribution in [1.82, 2.24) is 19.9 Å². The van der Waals surface area contributed by atoms with Gasteiger partial charge in [-0.05, 0) is 67.1 Å². The molecular weight excluding hydrogens is 708 g/mol. The Labute approximate surface area is 307 Å². The van der Waals surface area contributed by atoms with Crippen molar-refractivity contribution in [1.29, 1.82) is 5.26 Å². The SMILES string of the molecule is C=C[C@@H]1C[C@]1(NC(=O)[C@@H]1C[C@@H](Oc2ncc(OC)c3ccc(Cl)cc23)CN1C(=O)[C@H](Nc1ccc(C#N)cc1)C(C)(C)C)C(=O)NS(=O)(=O)C1CC1. The van der Waals surface area contributed by atoms with Gasteiger partial charge in [0.15, 0.2) is 0 Å². The van der Waals surface area contributed by atoms with Gasteiger partial charge in [0.05, 0.1) is 36.7 Å². The van der Waals surface area contributed by atoms with Crippen LogP contribution in [0.3, 0.4) is 0 Å². The molecule has 3 fully saturated rings. The number of nitrogens with one attached hydrogen (secondary N) is 3. The first-order valence-corrected chi connectivity index (χ1v) is 18.9. The van der Waals surface area contributed by atoms with Crippen molar-refractivity contribution in [3.63, 3.8) is 0 Å². The quantitative estimate of drug-likeness (QED) is 0.226. The van der Waals surface area contributed by atoms with Crippen molar-refractivity contribution >= 4 is 55.8 Å². The number of likely N-dealkylation sites (tertiary alicyclic amines) is 1. The van der Waals surface area contributed by atoms with E-state index in [2.05, 4.69) is 33.0 Å². The van der Waals surface area contributed by atoms with E-state index >= 15 is 0 Å². The van der Waals surface area contributed by atoms with Gasteiger partial charge in [-0.25, -0.2) is 13.4 Å². The average molecular weight is 749 g/mol. The van der Waals surface area contributed by atoms with Crippen LogP contribution in [0, 0.1) is 22.7 Å². The van der Waals surface area contributed by atoms with E-state index in [9.17, 15) is 28.1 Å². The van der Waals surface area contributed by atoms with Crippen LogP contribution in [0.25, 0.3) is 10.8 Å². The van der Waals surface area contributed by atoms with Crippen LogP contribution in [0.1, 0.15) is 52.0 Å². The zero-order valence-corrected chi connectivity index (χ0v) is 30.9. The van der Waals surface area contributed by atoms with E-state index in [1.807, 2.05) is 20.8 Å². The molecule has 274 valence electrons. The molecule has 13 nitrogen and oxygen atoms in total. The molecule has 0 spiro atoms. The lowest BCUT2D eigenvalue weighted by Gasteiger charge is -2.36. The normalized spacial score (nSPS) is 23.2. The van der Waals surface area contributed by atoms with Gasteiger partial charge < -0.3 is 25.0 Å². The van der Waals surface area contributed by atoms with Gasteiger partial charge >= 0.3 is 0 Å². The lowest BCUT2D eigenvalue weighted by Crippen LogP contribution is -2.58. The summed E-state index contributed by atoms with van der Waals surface area (Å²) in [7, 11) is -2.37. The number of carbonyl (C=O) groups is 3. The Balaban J connectivity index is 1.32. The summed E-state index contributed by atoms with van der Waals surface area (Å²) in [5.74, 6) is -1.63. The Morgan fingerprint density at radius 2 is 1.87 bits per heavy atom. The maximum absolute atomic E-state index is 14.6. The van der Waals surface area contributed by atoms with Crippen LogP contribution >= 0.6 is 11.6 Å². The second kappa shape index (κ2) is 13.9. The van der Waals surface area contributed by atoms with Crippen molar-refractivity contribution < 1.29 is 32.3 Å². The highest BCUT2D eigenvalue weighted by molar-refractivity contribution is 7.91. The molecule has 2 heterocycles. The summed E-state index contributed by atoms with van der Waals surface area (Å²) in [5.41, 5.74) is -1.13. The number of sulfonamides is 1. The second-order valence-corrected chi connectivity index (χ2v) is 17.0. The summed E-state index contributed by atoms with van der Waals surface area (Å²) in [4.78, 5) is 48.3. The predicted molar refractivity (Wildman–Crippen MR) is 195 cm³/mol. The lowest BCUT2D eigenvalue weighted by atomic mass is 9.85. The minimum absolute atomic E-state index is 0.00549. The van der Waals surface area contributed by atoms with Crippen LogP contribution < -0.4 is 24.8 Å². The molecule has 5 atom stereocenters. The van der Waals surface area contributed by atoms with E-state index in [0.717, 1.165) is 0 Å². The molecule has 2 saturated carbocycles. The molecule has 52 heavy (non-hydrogen) atoms. The number of anilines is 1. The molecule has 15 heteroatoms. The molecule has 3 aliphatic rings. The van der Waals surface area contributed by atoms with Gasteiger partial charge in [0.2, 0.25) is 27.7 Å². The number of ether oxygens (including phenoxy) is 2. The molecule has 0 unspecified atom stereocenters. The molecule has 0 bridgehead atoms. The van der Waals surface area contributed by atoms with Crippen LogP contribution in [-0.4, -0.2) is 78.7 Å². The number of hydrogen-bond donors (Lipinski definition) is 3. The number of carbonyl (C=O) groups excluding carboxylic acids is 3. The molecule has 1 aromatic heterocycles. The number of nitrogens with zero attached hydrogens (tertiary/aromatic N) is 3. The van der Waals surface area contributed by atoms with Gasteiger partial charge in [0.1, 0.15) is 29.5 Å². The Bertz CT molecular complexity index is 2080. The van der Waals surface area contributed by atoms with Crippen LogP contribution in [0.15, 0.2) is 61.3 Å². The third kappa shape index (κ3) is 7.38. The number of aromatic nitrogens is 1. The third-order valence-corrected chi connectivity index (χ3v) is 11.9. The number of benzene rings is 2. The van der Waals surface area contributed by atoms with E-state index in [0.29, 0.717) is 45.6 Å². The van der Waals surface area contributed by atoms with Gasteiger partial charge in [0, 0.05) is 33.8 Å². The maximum atomic E-state index is 14.6. The van der Waals surface area contributed by atoms with E-state index < -0.39 is 68.1 Å². The van der Waals surface area contributed by atoms with Crippen molar-refractivity contribution in [2.45, 2.75) is 75.4 Å². The monoisotopic (exact) mass is 748 g/mol. The largest absolute Gasteiger partial charge is 0.494 e. The fraction of sp³-hybridized carbons (Fsp3) is 0.432. The zero-order chi connectivity index (χ0) is 37.6. The molecule has 1 saturated heterocycles. The van der Waals surface area contributed by atoms with Crippen molar-refractivity contribution in [2.75, 3.05) is 19.0 Å². The smallest absolute Gasteiger partial charge is 0.259 e. The van der Waals surface area contributed by atoms with E-state index in [-0.39, 0.29) is 25.3 Å². The zero-order valence-electron chi connectivity index (χ0n) is 29.3. The third-order valence-electron chi connectivity index (χ3n) is 9.81. The van der Waals surface area contributed by atoms with E-state index in [1.165, 1.54) is 24.3 Å². The summed E-state index contributed by atoms with van der Waals surface area (Å²) in [6.45, 7) is 9.44. The van der Waals surface area contributed by atoms with E-state index in [1.54, 1.807) is 42.5 Å². The highest BCUT2D eigenvalue weighted by Gasteiger charge is 2.62. The second-order valence-electron chi connectivity index (χ2n) is 14.6. The molecular formula is C37H41ClN6O7S. The topological polar surface area (TPSA) is 180 Å². The first-order chi connectivity index (χ1) is 24.6. The summed E-state index contributed by atoms with van der Waals surface area (Å²) >= 11 is 6.34. The fourth-order valence-electron chi connectivity index (χ4n) is 6.60. The molecule has 6 rings (SSSR count). The van der Waals surface area contributed by atoms with Gasteiger partial charge in [-0.15, -0.1) is 6.58 Å². The summed E-state index contributed by atoms with van der Waals surface area (Å²) in [6, 6.07) is 12.0. The van der Waals surface area contributed by atoms with Crippen molar-refractivity contribution in [3.05, 3.63) is 71.9 Å². The molecule has 3 aromatic rings. The van der Waals surface area contributed by atoms with Crippen LogP contribution in [0.2, 0.25) is 5.02 Å². The first-order valence-electron chi connectivity index (χ1n) is 17.0. The minimum atomic E-state index is -3.89. The van der Waals surface area contributed by atoms with Gasteiger partial charge in [-0.2, -0.15) is 5.26 Å². The summed E-state index contributed by atoms with van der Waals surface area (Å²) < 4.78 is 39.5. The highest BCUT2D eigenvalue weighted by Crippen LogP contribution is 2.46. The van der Waals surface area contributed by atoms with Gasteiger partial charge in [0.25, 0.3) is 5.91 Å². The minimum Gasteiger partial charge on any atom is -0.494 e. The van der Waals surface area contributed by atoms with E-state index in [4.69, 9.17) is 21.1 Å². The molecule has 3 amide bonds. The molecule has 1 aliphatic heterocycles. The lowest BCUT2D eigenvalue weighted by molar-refractivity contribution is -0.141. The number of nitriles is 1. The first kappa shape index (κ1) is 36.9. The Morgan fingerprint density at radius 1 is 1.15 bits per heavy atom. The van der Waals surface area contributed by atoms with Crippen LogP contribution in [0.4, 0.5) is 5.69 Å². The van der Waals surface area contributed by atoms with Crippen molar-refractivity contribution in [3.8, 4) is 17.7 Å². The Kier molecular flexibility index (Phi) is 9.89. The summed E-state index contributed by atoms with van der Waals surface area (Å²) in [5, 5.41) is 16.5. The van der Waals surface area contributed by atoms with Gasteiger partial charge in [-0.1, -0.05) is 38.4 Å². The Hall–Kier alpha value is -4.87. The predicted octanol–water partition coefficient (Wildman–Crippen LogP) is 4.31. The number of amides is 3. The standard InChI is InChI=1S/C37H41ClN6O7S/c1-6-22-17-37(22,35(47)43-52(48,49)26-12-13-26)42-32(45)29-16-25(51-33-28-15-23(38)9-14-27(28)30(50-5)19-40-33)20-44(29)34(46)31(36(2,3)4)41-24-10-7-21(18-39)8-11-24/h6-11,14-15,19,22,25-26,29,31,41H,1,12-13,16-17,20H2,2-5H3,(H,42,45)(H,43,47)/t22-,25-,29+,31+,37-/m1/s1. The van der Waals surface area contributed by atoms with Crippen molar-refractivity contribution in [2.24, 2.45) is 11.3 Å². The molecule has 2 aliphatic carbocycles. The number of halogens is 1. The maximum Gasteiger partial charge on any atom is 0.259 e. The Morgan fingerprint density at radius 3 is 2.46 bits per heavy atom. The van der Waals surface area contributed by atoms with Crippen LogP contribution in [0.5, 0.6) is 11.6 Å². The molecule has 2 aromatic carbocycles. The molecule has 0 radical (unpaired) electrons. The summed E-state index contributed by atoms with van der Waals surface area (Å²) in [6.07, 6.45) is 3.43. The molecule has 3 N–H and O–H groups in total. The van der Waals surface area contributed by atoms with Gasteiger partial charge in [-0.3, -0.25) is 19.1 Å². The number of rotatable bonds is 12. The number of methoxy groups -OCH3 is 1. The highest BCUT2D eigenvalue weighted by atomic mass is 35.5.